The normalized spacial score (nSPS) is 11.6. The average Bonchev–Trinajstić information content (AvgIpc) is 2.45. The lowest BCUT2D eigenvalue weighted by atomic mass is 10.00. The second kappa shape index (κ2) is 8.28. The summed E-state index contributed by atoms with van der Waals surface area (Å²) in [6.45, 7) is 2.82. The van der Waals surface area contributed by atoms with Crippen molar-refractivity contribution in [1.29, 1.82) is 5.26 Å². The zero-order valence-electron chi connectivity index (χ0n) is 11.2. The van der Waals surface area contributed by atoms with Crippen molar-refractivity contribution in [3.63, 3.8) is 0 Å². The van der Waals surface area contributed by atoms with E-state index in [2.05, 4.69) is 12.2 Å². The van der Waals surface area contributed by atoms with E-state index in [9.17, 15) is 4.79 Å². The molecule has 102 valence electrons. The van der Waals surface area contributed by atoms with Crippen LogP contribution in [0, 0.1) is 17.2 Å². The van der Waals surface area contributed by atoms with Crippen molar-refractivity contribution in [3.8, 4) is 6.07 Å². The van der Waals surface area contributed by atoms with Gasteiger partial charge in [-0.05, 0) is 43.0 Å². The Hall–Kier alpha value is -1.86. The number of carbonyl (C=O) groups is 1. The Balaban J connectivity index is 2.51. The molecule has 0 saturated heterocycles. The number of aliphatic hydroxyl groups is 1. The van der Waals surface area contributed by atoms with E-state index in [0.29, 0.717) is 30.0 Å². The van der Waals surface area contributed by atoms with Crippen LogP contribution < -0.4 is 5.32 Å². The summed E-state index contributed by atoms with van der Waals surface area (Å²) in [5.41, 5.74) is 1.10. The van der Waals surface area contributed by atoms with E-state index in [4.69, 9.17) is 10.4 Å². The number of nitriles is 1. The van der Waals surface area contributed by atoms with Crippen molar-refractivity contribution in [3.05, 3.63) is 35.4 Å². The Kier molecular flexibility index (Phi) is 6.62. The molecule has 0 aliphatic rings. The number of rotatable bonds is 7. The molecular formula is C15H20N2O2. The highest BCUT2D eigenvalue weighted by Gasteiger charge is 2.10. The van der Waals surface area contributed by atoms with Crippen molar-refractivity contribution < 1.29 is 9.90 Å². The first kappa shape index (κ1) is 15.2. The highest BCUT2D eigenvalue weighted by Crippen LogP contribution is 2.10. The molecule has 1 aromatic rings. The molecule has 1 aromatic carbocycles. The molecular weight excluding hydrogens is 240 g/mol. The molecule has 0 bridgehead atoms. The summed E-state index contributed by atoms with van der Waals surface area (Å²) in [4.78, 5) is 11.9. The summed E-state index contributed by atoms with van der Waals surface area (Å²) in [5.74, 6) is 0.181. The van der Waals surface area contributed by atoms with Gasteiger partial charge in [0.05, 0.1) is 11.6 Å². The number of nitrogens with one attached hydrogen (secondary N) is 1. The van der Waals surface area contributed by atoms with Gasteiger partial charge in [-0.15, -0.1) is 0 Å². The molecule has 0 fully saturated rings. The Morgan fingerprint density at radius 3 is 2.58 bits per heavy atom. The first-order chi connectivity index (χ1) is 9.21. The van der Waals surface area contributed by atoms with Crippen LogP contribution in [0.25, 0.3) is 0 Å². The van der Waals surface area contributed by atoms with Gasteiger partial charge in [0.25, 0.3) is 5.91 Å². The molecule has 0 spiro atoms. The van der Waals surface area contributed by atoms with Crippen LogP contribution in [-0.2, 0) is 0 Å². The highest BCUT2D eigenvalue weighted by atomic mass is 16.3. The van der Waals surface area contributed by atoms with Gasteiger partial charge in [0.15, 0.2) is 0 Å². The van der Waals surface area contributed by atoms with E-state index in [-0.39, 0.29) is 12.5 Å². The summed E-state index contributed by atoms with van der Waals surface area (Å²) in [6, 6.07) is 8.57. The molecule has 4 nitrogen and oxygen atoms in total. The average molecular weight is 260 g/mol. The monoisotopic (exact) mass is 260 g/mol. The summed E-state index contributed by atoms with van der Waals surface area (Å²) in [6.07, 6.45) is 2.74. The van der Waals surface area contributed by atoms with Gasteiger partial charge >= 0.3 is 0 Å². The number of nitrogens with zero attached hydrogens (tertiary/aromatic N) is 1. The van der Waals surface area contributed by atoms with Crippen LogP contribution in [0.5, 0.6) is 0 Å². The molecule has 0 aliphatic heterocycles. The Labute approximate surface area is 114 Å². The standard InChI is InChI=1S/C15H20N2O2/c1-2-3-13(8-9-18)11-17-15(19)14-6-4-12(10-16)5-7-14/h4-7,13,18H,2-3,8-9,11H2,1H3,(H,17,19). The van der Waals surface area contributed by atoms with E-state index in [0.717, 1.165) is 12.8 Å². The molecule has 0 heterocycles. The van der Waals surface area contributed by atoms with Crippen molar-refractivity contribution in [2.75, 3.05) is 13.2 Å². The molecule has 4 heteroatoms. The van der Waals surface area contributed by atoms with Crippen LogP contribution in [0.4, 0.5) is 0 Å². The van der Waals surface area contributed by atoms with Gasteiger partial charge in [-0.25, -0.2) is 0 Å². The van der Waals surface area contributed by atoms with Gasteiger partial charge in [-0.1, -0.05) is 13.3 Å². The van der Waals surface area contributed by atoms with Gasteiger partial charge in [0.1, 0.15) is 0 Å². The Bertz CT molecular complexity index is 428. The Morgan fingerprint density at radius 2 is 2.05 bits per heavy atom. The van der Waals surface area contributed by atoms with Gasteiger partial charge < -0.3 is 10.4 Å². The van der Waals surface area contributed by atoms with Gasteiger partial charge in [-0.2, -0.15) is 5.26 Å². The van der Waals surface area contributed by atoms with Crippen LogP contribution in [-0.4, -0.2) is 24.2 Å². The van der Waals surface area contributed by atoms with Crippen LogP contribution in [0.2, 0.25) is 0 Å². The summed E-state index contributed by atoms with van der Waals surface area (Å²) in [5, 5.41) is 20.5. The molecule has 0 aromatic heterocycles. The van der Waals surface area contributed by atoms with Crippen LogP contribution in [0.1, 0.15) is 42.1 Å². The molecule has 1 amide bonds. The fourth-order valence-electron chi connectivity index (χ4n) is 1.97. The topological polar surface area (TPSA) is 73.1 Å². The molecule has 1 rings (SSSR count). The zero-order valence-corrected chi connectivity index (χ0v) is 11.2. The predicted octanol–water partition coefficient (Wildman–Crippen LogP) is 2.09. The van der Waals surface area contributed by atoms with Gasteiger partial charge in [-0.3, -0.25) is 4.79 Å². The number of hydrogen-bond donors (Lipinski definition) is 2. The van der Waals surface area contributed by atoms with E-state index in [1.807, 2.05) is 6.07 Å². The van der Waals surface area contributed by atoms with E-state index in [1.54, 1.807) is 24.3 Å². The molecule has 0 radical (unpaired) electrons. The lowest BCUT2D eigenvalue weighted by molar-refractivity contribution is 0.0943. The third-order valence-corrected chi connectivity index (χ3v) is 3.06. The fourth-order valence-corrected chi connectivity index (χ4v) is 1.97. The summed E-state index contributed by atoms with van der Waals surface area (Å²) < 4.78 is 0. The number of benzene rings is 1. The maximum atomic E-state index is 11.9. The van der Waals surface area contributed by atoms with Crippen LogP contribution in [0.3, 0.4) is 0 Å². The van der Waals surface area contributed by atoms with Crippen LogP contribution >= 0.6 is 0 Å². The van der Waals surface area contributed by atoms with Crippen LogP contribution in [0.15, 0.2) is 24.3 Å². The molecule has 0 saturated carbocycles. The summed E-state index contributed by atoms with van der Waals surface area (Å²) in [7, 11) is 0. The van der Waals surface area contributed by atoms with Gasteiger partial charge in [0, 0.05) is 18.7 Å². The maximum Gasteiger partial charge on any atom is 0.251 e. The van der Waals surface area contributed by atoms with Crippen molar-refractivity contribution in [2.45, 2.75) is 26.2 Å². The minimum absolute atomic E-state index is 0.136. The highest BCUT2D eigenvalue weighted by molar-refractivity contribution is 5.94. The SMILES string of the molecule is CCCC(CCO)CNC(=O)c1ccc(C#N)cc1. The number of amides is 1. The summed E-state index contributed by atoms with van der Waals surface area (Å²) >= 11 is 0. The molecule has 0 aliphatic carbocycles. The number of aliphatic hydroxyl groups excluding tert-OH is 1. The minimum atomic E-state index is -0.136. The third kappa shape index (κ3) is 5.11. The van der Waals surface area contributed by atoms with Crippen molar-refractivity contribution in [1.82, 2.24) is 5.32 Å². The van der Waals surface area contributed by atoms with E-state index in [1.165, 1.54) is 0 Å². The largest absolute Gasteiger partial charge is 0.396 e. The van der Waals surface area contributed by atoms with Crippen molar-refractivity contribution in [2.24, 2.45) is 5.92 Å². The fraction of sp³-hybridized carbons (Fsp3) is 0.467. The third-order valence-electron chi connectivity index (χ3n) is 3.06. The second-order valence-corrected chi connectivity index (χ2v) is 4.57. The first-order valence-corrected chi connectivity index (χ1v) is 6.60. The lowest BCUT2D eigenvalue weighted by Crippen LogP contribution is -2.29. The predicted molar refractivity (Wildman–Crippen MR) is 73.6 cm³/mol. The minimum Gasteiger partial charge on any atom is -0.396 e. The lowest BCUT2D eigenvalue weighted by Gasteiger charge is -2.15. The maximum absolute atomic E-state index is 11.9. The Morgan fingerprint density at radius 1 is 1.37 bits per heavy atom. The van der Waals surface area contributed by atoms with Crippen molar-refractivity contribution >= 4 is 5.91 Å². The second-order valence-electron chi connectivity index (χ2n) is 4.57. The molecule has 1 atom stereocenters. The first-order valence-electron chi connectivity index (χ1n) is 6.60. The molecule has 2 N–H and O–H groups in total. The van der Waals surface area contributed by atoms with E-state index >= 15 is 0 Å². The quantitative estimate of drug-likeness (QED) is 0.788. The zero-order chi connectivity index (χ0) is 14.1. The van der Waals surface area contributed by atoms with Gasteiger partial charge in [0.2, 0.25) is 0 Å². The molecule has 19 heavy (non-hydrogen) atoms. The van der Waals surface area contributed by atoms with E-state index < -0.39 is 0 Å². The number of hydrogen-bond acceptors (Lipinski definition) is 3. The molecule has 1 unspecified atom stereocenters. The smallest absolute Gasteiger partial charge is 0.251 e. The number of carbonyl (C=O) groups excluding carboxylic acids is 1.